The molecule has 2 N–H and O–H groups in total. The van der Waals surface area contributed by atoms with Gasteiger partial charge in [0.05, 0.1) is 24.5 Å². The number of carbonyl (C=O) groups is 3. The maximum absolute atomic E-state index is 12.6. The maximum Gasteiger partial charge on any atom is 0.414 e. The van der Waals surface area contributed by atoms with Gasteiger partial charge in [-0.3, -0.25) is 14.5 Å². The lowest BCUT2D eigenvalue weighted by molar-refractivity contribution is -0.137. The molecule has 0 fully saturated rings. The van der Waals surface area contributed by atoms with Gasteiger partial charge >= 0.3 is 12.1 Å². The second kappa shape index (κ2) is 14.4. The van der Waals surface area contributed by atoms with Gasteiger partial charge in [0.2, 0.25) is 11.8 Å². The van der Waals surface area contributed by atoms with Gasteiger partial charge in [0.15, 0.2) is 11.5 Å². The molecule has 41 heavy (non-hydrogen) atoms. The number of pyridine rings is 1. The molecular weight excluding hydrogens is 528 g/mol. The summed E-state index contributed by atoms with van der Waals surface area (Å²) in [6.07, 6.45) is 11.1. The molecule has 4 heterocycles. The van der Waals surface area contributed by atoms with Crippen molar-refractivity contribution in [1.82, 2.24) is 19.6 Å². The van der Waals surface area contributed by atoms with E-state index in [9.17, 15) is 14.4 Å². The van der Waals surface area contributed by atoms with Crippen LogP contribution in [0.5, 0.6) is 5.88 Å². The summed E-state index contributed by atoms with van der Waals surface area (Å²) in [6.45, 7) is 4.29. The summed E-state index contributed by atoms with van der Waals surface area (Å²) in [7, 11) is 0. The number of carboxylic acid groups (broad SMARTS) is 1. The number of carbonyl (C=O) groups excluding carboxylic acids is 2. The van der Waals surface area contributed by atoms with E-state index >= 15 is 0 Å². The fraction of sp³-hybridized carbons (Fsp3) is 0.517. The van der Waals surface area contributed by atoms with Crippen LogP contribution in [0.2, 0.25) is 0 Å². The number of aliphatic carboxylic acids is 1. The number of rotatable bonds is 14. The van der Waals surface area contributed by atoms with E-state index in [1.54, 1.807) is 42.9 Å². The van der Waals surface area contributed by atoms with E-state index in [0.717, 1.165) is 51.4 Å². The number of unbranched alkanes of at least 4 members (excludes halogenated alkanes) is 7. The number of aromatic nitrogens is 4. The van der Waals surface area contributed by atoms with Gasteiger partial charge in [-0.25, -0.2) is 19.3 Å². The molecule has 1 aliphatic heterocycles. The van der Waals surface area contributed by atoms with Crippen molar-refractivity contribution in [2.24, 2.45) is 0 Å². The Morgan fingerprint density at radius 1 is 1.05 bits per heavy atom. The predicted molar refractivity (Wildman–Crippen MR) is 153 cm³/mol. The molecule has 3 aromatic heterocycles. The molecule has 4 rings (SSSR count). The van der Waals surface area contributed by atoms with Crippen LogP contribution in [-0.2, 0) is 14.3 Å². The van der Waals surface area contributed by atoms with Crippen molar-refractivity contribution in [3.8, 4) is 17.1 Å². The summed E-state index contributed by atoms with van der Waals surface area (Å²) in [4.78, 5) is 45.9. The number of amides is 2. The lowest BCUT2D eigenvalue weighted by atomic mass is 10.1. The van der Waals surface area contributed by atoms with Crippen molar-refractivity contribution >= 4 is 35.1 Å². The van der Waals surface area contributed by atoms with Crippen molar-refractivity contribution < 1.29 is 29.0 Å². The third kappa shape index (κ3) is 8.63. The molecule has 3 aromatic rings. The van der Waals surface area contributed by atoms with Gasteiger partial charge in [-0.1, -0.05) is 38.5 Å². The number of nitrogens with one attached hydrogen (secondary N) is 1. The molecule has 0 saturated carbocycles. The summed E-state index contributed by atoms with van der Waals surface area (Å²) in [5, 5.41) is 16.1. The van der Waals surface area contributed by atoms with E-state index in [4.69, 9.17) is 14.6 Å². The molecule has 0 bridgehead atoms. The monoisotopic (exact) mass is 566 g/mol. The van der Waals surface area contributed by atoms with Crippen molar-refractivity contribution in [3.05, 3.63) is 30.6 Å². The van der Waals surface area contributed by atoms with Gasteiger partial charge in [0.1, 0.15) is 12.3 Å². The van der Waals surface area contributed by atoms with E-state index in [-0.39, 0.29) is 18.4 Å². The Bertz CT molecular complexity index is 1360. The Morgan fingerprint density at radius 3 is 2.46 bits per heavy atom. The third-order valence-electron chi connectivity index (χ3n) is 6.66. The molecule has 0 spiro atoms. The van der Waals surface area contributed by atoms with Crippen LogP contribution in [-0.4, -0.2) is 61.9 Å². The zero-order chi connectivity index (χ0) is 29.2. The molecule has 1 aliphatic rings. The third-order valence-corrected chi connectivity index (χ3v) is 6.66. The first kappa shape index (κ1) is 29.8. The molecule has 12 nitrogen and oxygen atoms in total. The summed E-state index contributed by atoms with van der Waals surface area (Å²) in [5.74, 6) is -0.0241. The molecule has 0 unspecified atom stereocenters. The van der Waals surface area contributed by atoms with Crippen LogP contribution < -0.4 is 15.0 Å². The zero-order valence-corrected chi connectivity index (χ0v) is 23.7. The quantitative estimate of drug-likeness (QED) is 0.243. The SMILES string of the molecule is CC(C)OC(=O)N1CCOc2ncc(-c3ccc4nc(NC(=O)CCCCCCCCCCC(=O)O)cn4n3)cc21. The number of nitrogens with zero attached hydrogens (tertiary/aromatic N) is 5. The number of hydrogen-bond acceptors (Lipinski definition) is 8. The minimum absolute atomic E-state index is 0.0884. The van der Waals surface area contributed by atoms with Gasteiger partial charge in [-0.2, -0.15) is 5.10 Å². The minimum atomic E-state index is -0.730. The number of fused-ring (bicyclic) bond motifs is 2. The van der Waals surface area contributed by atoms with Gasteiger partial charge in [0, 0.05) is 24.6 Å². The number of carboxylic acids is 1. The summed E-state index contributed by atoms with van der Waals surface area (Å²) < 4.78 is 12.6. The van der Waals surface area contributed by atoms with Crippen molar-refractivity contribution in [3.63, 3.8) is 0 Å². The summed E-state index contributed by atoms with van der Waals surface area (Å²) >= 11 is 0. The Labute approximate surface area is 239 Å². The van der Waals surface area contributed by atoms with Crippen LogP contribution in [0.3, 0.4) is 0 Å². The second-order valence-corrected chi connectivity index (χ2v) is 10.4. The van der Waals surface area contributed by atoms with Gasteiger partial charge in [0.25, 0.3) is 0 Å². The van der Waals surface area contributed by atoms with Crippen molar-refractivity contribution in [2.75, 3.05) is 23.4 Å². The molecule has 2 amide bonds. The highest BCUT2D eigenvalue weighted by Crippen LogP contribution is 2.33. The average molecular weight is 567 g/mol. The molecule has 0 radical (unpaired) electrons. The lowest BCUT2D eigenvalue weighted by Gasteiger charge is -2.28. The van der Waals surface area contributed by atoms with Crippen molar-refractivity contribution in [1.29, 1.82) is 0 Å². The largest absolute Gasteiger partial charge is 0.481 e. The van der Waals surface area contributed by atoms with Crippen LogP contribution in [0.25, 0.3) is 16.9 Å². The van der Waals surface area contributed by atoms with Gasteiger partial charge in [-0.15, -0.1) is 0 Å². The minimum Gasteiger partial charge on any atom is -0.481 e. The first-order chi connectivity index (χ1) is 19.8. The van der Waals surface area contributed by atoms with E-state index in [1.807, 2.05) is 6.07 Å². The molecule has 220 valence electrons. The maximum atomic E-state index is 12.6. The number of anilines is 2. The standard InChI is InChI=1S/C29H38N6O6/c1-20(2)41-29(39)34-15-16-40-28-23(34)17-21(18-30-28)22-13-14-25-31-24(19-35(25)33-22)32-26(36)11-9-7-5-3-4-6-8-10-12-27(37)38/h13-14,17-20H,3-12,15-16H2,1-2H3,(H,32,36)(H,37,38). The van der Waals surface area contributed by atoms with E-state index in [0.29, 0.717) is 53.9 Å². The van der Waals surface area contributed by atoms with Crippen LogP contribution in [0.15, 0.2) is 30.6 Å². The summed E-state index contributed by atoms with van der Waals surface area (Å²) in [5.41, 5.74) is 2.42. The fourth-order valence-electron chi connectivity index (χ4n) is 4.62. The lowest BCUT2D eigenvalue weighted by Crippen LogP contribution is -2.39. The Morgan fingerprint density at radius 2 is 1.76 bits per heavy atom. The normalized spacial score (nSPS) is 12.7. The molecule has 0 aromatic carbocycles. The van der Waals surface area contributed by atoms with E-state index in [2.05, 4.69) is 20.4 Å². The number of hydrogen-bond donors (Lipinski definition) is 2. The highest BCUT2D eigenvalue weighted by Gasteiger charge is 2.27. The Balaban J connectivity index is 1.28. The van der Waals surface area contributed by atoms with Gasteiger partial charge in [-0.05, 0) is 44.9 Å². The first-order valence-corrected chi connectivity index (χ1v) is 14.3. The number of imidazole rings is 1. The number of ether oxygens (including phenoxy) is 2. The zero-order valence-electron chi connectivity index (χ0n) is 23.7. The molecule has 0 saturated heterocycles. The molecule has 12 heteroatoms. The molecular formula is C29H38N6O6. The fourth-order valence-corrected chi connectivity index (χ4v) is 4.62. The van der Waals surface area contributed by atoms with Crippen LogP contribution in [0.4, 0.5) is 16.3 Å². The van der Waals surface area contributed by atoms with Crippen LogP contribution in [0, 0.1) is 0 Å². The highest BCUT2D eigenvalue weighted by atomic mass is 16.6. The Hall–Kier alpha value is -4.22. The van der Waals surface area contributed by atoms with E-state index < -0.39 is 12.1 Å². The van der Waals surface area contributed by atoms with Crippen molar-refractivity contribution in [2.45, 2.75) is 84.2 Å². The predicted octanol–water partition coefficient (Wildman–Crippen LogP) is 5.46. The second-order valence-electron chi connectivity index (χ2n) is 10.4. The van der Waals surface area contributed by atoms with Crippen LogP contribution in [0.1, 0.15) is 78.1 Å². The highest BCUT2D eigenvalue weighted by molar-refractivity contribution is 5.91. The molecule has 0 atom stereocenters. The van der Waals surface area contributed by atoms with E-state index in [1.165, 1.54) is 4.90 Å². The smallest absolute Gasteiger partial charge is 0.414 e. The molecule has 0 aliphatic carbocycles. The summed E-state index contributed by atoms with van der Waals surface area (Å²) in [6, 6.07) is 5.42. The van der Waals surface area contributed by atoms with Crippen LogP contribution >= 0.6 is 0 Å². The van der Waals surface area contributed by atoms with Gasteiger partial charge < -0.3 is 19.9 Å². The average Bonchev–Trinajstić information content (AvgIpc) is 3.34. The Kier molecular flexibility index (Phi) is 10.5. The first-order valence-electron chi connectivity index (χ1n) is 14.3. The topological polar surface area (TPSA) is 148 Å².